The number of azo groups is 2. The Kier molecular flexibility index (Phi) is 25.5. The zero-order chi connectivity index (χ0) is 53.7. The molecule has 5 aromatic carbocycles. The van der Waals surface area contributed by atoms with Gasteiger partial charge in [-0.3, -0.25) is 14.1 Å². The maximum Gasteiger partial charge on any atom is 1.00 e. The van der Waals surface area contributed by atoms with E-state index in [9.17, 15) is 75.1 Å². The monoisotopic (exact) mass is 1250 g/mol. The van der Waals surface area contributed by atoms with Gasteiger partial charge in [0, 0.05) is 11.1 Å². The Morgan fingerprint density at radius 3 is 1.49 bits per heavy atom. The molecule has 0 fully saturated rings. The molecule has 0 aliphatic rings. The molecule has 0 atom stereocenters. The first kappa shape index (κ1) is 71.6. The Morgan fingerprint density at radius 1 is 0.577 bits per heavy atom. The van der Waals surface area contributed by atoms with Gasteiger partial charge in [0.05, 0.1) is 43.4 Å². The fourth-order valence-electron chi connectivity index (χ4n) is 6.21. The number of H-pyrrole nitrogens is 2. The van der Waals surface area contributed by atoms with Crippen LogP contribution in [0.4, 0.5) is 51.4 Å². The van der Waals surface area contributed by atoms with Crippen LogP contribution in [0.25, 0.3) is 10.8 Å². The van der Waals surface area contributed by atoms with Crippen molar-refractivity contribution in [1.29, 1.82) is 0 Å². The number of hydrogen-bond donors (Lipinski definition) is 6. The molecule has 2 heterocycles. The number of halogens is 2. The van der Waals surface area contributed by atoms with Gasteiger partial charge in [-0.15, -0.1) is 20.5 Å². The molecule has 0 saturated heterocycles. The van der Waals surface area contributed by atoms with E-state index in [2.05, 4.69) is 65.7 Å². The Labute approximate surface area is 559 Å². The molecular formula is C35H21Cl2N14Na5O17S5. The van der Waals surface area contributed by atoms with E-state index in [0.29, 0.717) is 24.3 Å². The minimum Gasteiger partial charge on any atom is -0.870 e. The van der Waals surface area contributed by atoms with Gasteiger partial charge in [-0.25, -0.2) is 40.2 Å². The van der Waals surface area contributed by atoms with Crippen molar-refractivity contribution in [2.75, 3.05) is 11.1 Å². The SMILES string of the molecule is Cc1cc(S(=O)(=O)[O-])ccc1Nc1nc(Cl)nc(=Nc2ccc(S(=O)(=O)[O-])c(N=Nc3c(S(=O)(=O)O)cc4cc(S(=O)(=O)O)c(N=Nc5cc(N=c6nc(Cl)nc([O-])[nH]6)ccc5S(=O)(=O)[O-])c(N)c4c3[O-])c2)[nH]1.[Na+].[Na+].[Na+].[Na+].[Na+]. The van der Waals surface area contributed by atoms with Crippen LogP contribution in [0.15, 0.2) is 122 Å². The Bertz CT molecular complexity index is 4320. The van der Waals surface area contributed by atoms with Gasteiger partial charge in [-0.05, 0) is 108 Å². The number of aryl methyl sites for hydroxylation is 1. The molecule has 0 aliphatic carbocycles. The zero-order valence-corrected chi connectivity index (χ0v) is 55.8. The summed E-state index contributed by atoms with van der Waals surface area (Å²) in [6, 6.07) is 7.89. The summed E-state index contributed by atoms with van der Waals surface area (Å²) in [5.74, 6) is -1.81. The van der Waals surface area contributed by atoms with E-state index < -0.39 is 142 Å². The smallest absolute Gasteiger partial charge is 0.870 e. The van der Waals surface area contributed by atoms with Gasteiger partial charge < -0.3 is 39.9 Å². The number of aromatic amines is 2. The zero-order valence-electron chi connectivity index (χ0n) is 40.2. The molecule has 7 rings (SSSR count). The maximum atomic E-state index is 14.2. The first-order valence-electron chi connectivity index (χ1n) is 18.7. The largest absolute Gasteiger partial charge is 1.00 e. The van der Waals surface area contributed by atoms with Crippen LogP contribution in [0.3, 0.4) is 0 Å². The molecule has 78 heavy (non-hydrogen) atoms. The topological polar surface area (TPSA) is 522 Å². The molecule has 2 aromatic heterocycles. The number of benzene rings is 5. The number of fused-ring (bicyclic) bond motifs is 1. The van der Waals surface area contributed by atoms with E-state index >= 15 is 0 Å². The molecule has 0 unspecified atom stereocenters. The van der Waals surface area contributed by atoms with Gasteiger partial charge in [-0.2, -0.15) is 31.8 Å². The first-order valence-corrected chi connectivity index (χ1v) is 26.6. The van der Waals surface area contributed by atoms with Gasteiger partial charge in [0.1, 0.15) is 57.2 Å². The molecule has 7 N–H and O–H groups in total. The average Bonchev–Trinajstić information content (AvgIpc) is 3.24. The van der Waals surface area contributed by atoms with E-state index in [4.69, 9.17) is 28.9 Å². The summed E-state index contributed by atoms with van der Waals surface area (Å²) in [5.41, 5.74) is -0.201. The molecule has 31 nitrogen and oxygen atoms in total. The number of rotatable bonds is 13. The fraction of sp³-hybridized carbons (Fsp3) is 0.0286. The molecule has 382 valence electrons. The van der Waals surface area contributed by atoms with Crippen LogP contribution < -0.4 is 180 Å². The average molecular weight is 1260 g/mol. The van der Waals surface area contributed by atoms with Gasteiger partial charge in [0.15, 0.2) is 0 Å². The van der Waals surface area contributed by atoms with Gasteiger partial charge in [0.25, 0.3) is 20.2 Å². The van der Waals surface area contributed by atoms with Crippen molar-refractivity contribution < 1.29 is 223 Å². The van der Waals surface area contributed by atoms with Crippen molar-refractivity contribution in [3.05, 3.63) is 94.1 Å². The second kappa shape index (κ2) is 27.7. The second-order valence-electron chi connectivity index (χ2n) is 14.2. The second-order valence-corrected chi connectivity index (χ2v) is 21.7. The predicted octanol–water partition coefficient (Wildman–Crippen LogP) is -12.3. The van der Waals surface area contributed by atoms with Crippen LogP contribution in [0, 0.1) is 6.92 Å². The van der Waals surface area contributed by atoms with Crippen molar-refractivity contribution in [3.63, 3.8) is 0 Å². The van der Waals surface area contributed by atoms with E-state index in [1.807, 2.05) is 0 Å². The van der Waals surface area contributed by atoms with Gasteiger partial charge >= 0.3 is 148 Å². The minimum atomic E-state index is -5.60. The number of nitrogen functional groups attached to an aromatic ring is 1. The molecule has 7 aromatic rings. The number of aromatic nitrogens is 6. The molecule has 0 aliphatic heterocycles. The van der Waals surface area contributed by atoms with E-state index in [1.54, 1.807) is 0 Å². The van der Waals surface area contributed by atoms with Crippen molar-refractivity contribution in [1.82, 2.24) is 29.9 Å². The van der Waals surface area contributed by atoms with Crippen molar-refractivity contribution in [2.45, 2.75) is 31.4 Å². The molecule has 0 bridgehead atoms. The number of nitrogens with zero attached hydrogens (tertiary/aromatic N) is 10. The normalized spacial score (nSPS) is 12.6. The van der Waals surface area contributed by atoms with Crippen LogP contribution in [0.5, 0.6) is 11.8 Å². The van der Waals surface area contributed by atoms with E-state index in [0.717, 1.165) is 36.4 Å². The Hall–Kier alpha value is -2.49. The molecule has 43 heteroatoms. The summed E-state index contributed by atoms with van der Waals surface area (Å²) in [4.78, 5) is 21.9. The summed E-state index contributed by atoms with van der Waals surface area (Å²) in [7, 11) is -26.9. The molecular weight excluding hydrogens is 1230 g/mol. The van der Waals surface area contributed by atoms with Crippen LogP contribution in [-0.4, -0.2) is 94.8 Å². The van der Waals surface area contributed by atoms with E-state index in [1.165, 1.54) is 13.0 Å². The van der Waals surface area contributed by atoms with Crippen molar-refractivity contribution in [3.8, 4) is 11.8 Å². The summed E-state index contributed by atoms with van der Waals surface area (Å²) in [5, 5.41) is 40.3. The van der Waals surface area contributed by atoms with Gasteiger partial charge in [-0.1, -0.05) is 5.75 Å². The van der Waals surface area contributed by atoms with Crippen LogP contribution in [-0.2, 0) is 50.6 Å². The minimum absolute atomic E-state index is 0. The summed E-state index contributed by atoms with van der Waals surface area (Å²) in [6.07, 6.45) is 0. The van der Waals surface area contributed by atoms with Crippen LogP contribution >= 0.6 is 23.2 Å². The summed E-state index contributed by atoms with van der Waals surface area (Å²) >= 11 is 11.7. The van der Waals surface area contributed by atoms with Crippen LogP contribution in [0.1, 0.15) is 5.56 Å². The first-order chi connectivity index (χ1) is 33.8. The molecule has 0 saturated carbocycles. The number of nitrogens with one attached hydrogen (secondary N) is 3. The molecule has 0 amide bonds. The van der Waals surface area contributed by atoms with Crippen molar-refractivity contribution >= 4 is 136 Å². The predicted molar refractivity (Wildman–Crippen MR) is 240 cm³/mol. The third kappa shape index (κ3) is 17.5. The fourth-order valence-corrected chi connectivity index (χ4v) is 9.59. The third-order valence-electron chi connectivity index (χ3n) is 9.24. The number of nitrogens with two attached hydrogens (primary N) is 1. The molecule has 0 radical (unpaired) electrons. The summed E-state index contributed by atoms with van der Waals surface area (Å²) in [6.45, 7) is 1.46. The maximum absolute atomic E-state index is 14.2. The van der Waals surface area contributed by atoms with E-state index in [-0.39, 0.29) is 182 Å². The molecule has 0 spiro atoms. The summed E-state index contributed by atoms with van der Waals surface area (Å²) < 4.78 is 179. The quantitative estimate of drug-likeness (QED) is 0.0270. The van der Waals surface area contributed by atoms with Crippen molar-refractivity contribution in [2.24, 2.45) is 30.4 Å². The van der Waals surface area contributed by atoms with Crippen LogP contribution in [0.2, 0.25) is 10.6 Å². The third-order valence-corrected chi connectivity index (χ3v) is 13.9. The standard InChI is InChI=1S/C35H26Cl2N14O17S5.5Na/c1-13-8-17(69(54,55)56)4-5-18(13)41-34-43-30(36)42-32(46-34)39-15-2-6-22(71(60,61)62)20(11-15)49-51-28-24(73(66,67)68)10-14-9-23(72(63,64)65)27(26(38)25(14)29(28)52)50-48-19-12-16(3-7-21(19)70(57,58)59)40-33-44-31(37)45-35(53)47-33;;;;;/h2-12,52H,38H2,1H3,(H,54,55,56)(H,57,58,59)(H,60,61,62)(H,63,64,65)(H,66,67,68)(H2,39,41,42,43,46)(H2,40,44,45,47,53);;;;;/q;5*+1/p-5. The Balaban J connectivity index is 0.00000416. The number of anilines is 3. The number of hydrogen-bond acceptors (Lipinski definition) is 27. The Morgan fingerprint density at radius 2 is 1.04 bits per heavy atom. The van der Waals surface area contributed by atoms with Gasteiger partial charge in [0.2, 0.25) is 27.8 Å².